The maximum Gasteiger partial charge on any atom is 0.0136 e. The molecule has 0 atom stereocenters. The molecule has 0 aromatic heterocycles. The third kappa shape index (κ3) is 5.43. The van der Waals surface area contributed by atoms with E-state index >= 15 is 0 Å². The number of allylic oxidation sites excluding steroid dienone is 1. The zero-order valence-electron chi connectivity index (χ0n) is 9.43. The van der Waals surface area contributed by atoms with E-state index in [0.717, 1.165) is 6.54 Å². The molecular formula is C13H25N. The molecule has 1 rings (SSSR count). The minimum Gasteiger partial charge on any atom is -0.327 e. The fraction of sp³-hybridized carbons (Fsp3) is 0.846. The molecule has 0 saturated carbocycles. The molecular weight excluding hydrogens is 170 g/mol. The van der Waals surface area contributed by atoms with Gasteiger partial charge in [-0.15, -0.1) is 0 Å². The van der Waals surface area contributed by atoms with Crippen molar-refractivity contribution in [1.82, 2.24) is 0 Å². The van der Waals surface area contributed by atoms with Gasteiger partial charge in [-0.2, -0.15) is 0 Å². The summed E-state index contributed by atoms with van der Waals surface area (Å²) in [5.74, 6) is 0. The molecule has 1 nitrogen and oxygen atoms in total. The fourth-order valence-corrected chi connectivity index (χ4v) is 2.15. The lowest BCUT2D eigenvalue weighted by atomic mass is 10.0. The molecule has 0 unspecified atom stereocenters. The Morgan fingerprint density at radius 3 is 2.07 bits per heavy atom. The Hall–Kier alpha value is -0.300. The predicted octanol–water partition coefficient (Wildman–Crippen LogP) is 3.79. The Balaban J connectivity index is 2.29. The van der Waals surface area contributed by atoms with Gasteiger partial charge >= 0.3 is 0 Å². The second-order valence-corrected chi connectivity index (χ2v) is 4.43. The van der Waals surface area contributed by atoms with E-state index in [1.165, 1.54) is 69.8 Å². The molecule has 82 valence electrons. The molecule has 0 aromatic rings. The normalized spacial score (nSPS) is 21.9. The van der Waals surface area contributed by atoms with Crippen LogP contribution in [0, 0.1) is 0 Å². The van der Waals surface area contributed by atoms with Crippen LogP contribution in [0.15, 0.2) is 11.6 Å². The minimum absolute atomic E-state index is 0.778. The molecule has 1 heteroatoms. The summed E-state index contributed by atoms with van der Waals surface area (Å²) in [6.07, 6.45) is 16.2. The van der Waals surface area contributed by atoms with E-state index in [9.17, 15) is 0 Å². The molecule has 0 aromatic carbocycles. The number of hydrogen-bond acceptors (Lipinski definition) is 1. The Morgan fingerprint density at radius 2 is 1.43 bits per heavy atom. The SMILES string of the molecule is NCC1=CCCCCCCCCCC1. The van der Waals surface area contributed by atoms with Crippen molar-refractivity contribution in [3.8, 4) is 0 Å². The van der Waals surface area contributed by atoms with E-state index in [2.05, 4.69) is 6.08 Å². The summed E-state index contributed by atoms with van der Waals surface area (Å²) in [4.78, 5) is 0. The van der Waals surface area contributed by atoms with Crippen molar-refractivity contribution < 1.29 is 0 Å². The molecule has 0 saturated heterocycles. The highest BCUT2D eigenvalue weighted by atomic mass is 14.5. The summed E-state index contributed by atoms with van der Waals surface area (Å²) in [5.41, 5.74) is 7.21. The summed E-state index contributed by atoms with van der Waals surface area (Å²) >= 11 is 0. The van der Waals surface area contributed by atoms with Crippen molar-refractivity contribution in [2.24, 2.45) is 5.73 Å². The standard InChI is InChI=1S/C13H25N/c14-12-13-10-8-6-4-2-1-3-5-7-9-11-13/h10H,1-9,11-12,14H2. The van der Waals surface area contributed by atoms with Gasteiger partial charge in [0, 0.05) is 6.54 Å². The second-order valence-electron chi connectivity index (χ2n) is 4.43. The van der Waals surface area contributed by atoms with Crippen LogP contribution in [0.5, 0.6) is 0 Å². The largest absolute Gasteiger partial charge is 0.327 e. The molecule has 0 heterocycles. The molecule has 1 aliphatic rings. The molecule has 1 aliphatic carbocycles. The molecule has 0 fully saturated rings. The van der Waals surface area contributed by atoms with E-state index in [1.54, 1.807) is 0 Å². The van der Waals surface area contributed by atoms with Gasteiger partial charge in [0.05, 0.1) is 0 Å². The van der Waals surface area contributed by atoms with Crippen LogP contribution in [0.4, 0.5) is 0 Å². The molecule has 0 spiro atoms. The van der Waals surface area contributed by atoms with Crippen molar-refractivity contribution in [3.63, 3.8) is 0 Å². The highest BCUT2D eigenvalue weighted by Crippen LogP contribution is 2.15. The van der Waals surface area contributed by atoms with Gasteiger partial charge in [0.15, 0.2) is 0 Å². The fourth-order valence-electron chi connectivity index (χ4n) is 2.15. The Labute approximate surface area is 88.8 Å². The zero-order valence-corrected chi connectivity index (χ0v) is 9.43. The van der Waals surface area contributed by atoms with Gasteiger partial charge in [0.2, 0.25) is 0 Å². The van der Waals surface area contributed by atoms with Gasteiger partial charge in [-0.25, -0.2) is 0 Å². The maximum absolute atomic E-state index is 5.72. The predicted molar refractivity (Wildman–Crippen MR) is 63.3 cm³/mol. The van der Waals surface area contributed by atoms with Crippen molar-refractivity contribution in [2.45, 2.75) is 64.2 Å². The van der Waals surface area contributed by atoms with E-state index in [4.69, 9.17) is 5.73 Å². The third-order valence-electron chi connectivity index (χ3n) is 3.15. The van der Waals surface area contributed by atoms with Gasteiger partial charge in [0.1, 0.15) is 0 Å². The van der Waals surface area contributed by atoms with Crippen LogP contribution in [0.25, 0.3) is 0 Å². The minimum atomic E-state index is 0.778. The summed E-state index contributed by atoms with van der Waals surface area (Å²) in [6.45, 7) is 0.778. The lowest BCUT2D eigenvalue weighted by molar-refractivity contribution is 0.561. The smallest absolute Gasteiger partial charge is 0.0136 e. The average Bonchev–Trinajstić information content (AvgIpc) is 2.19. The maximum atomic E-state index is 5.72. The Bertz CT molecular complexity index is 161. The van der Waals surface area contributed by atoms with Crippen molar-refractivity contribution in [3.05, 3.63) is 11.6 Å². The summed E-state index contributed by atoms with van der Waals surface area (Å²) in [6, 6.07) is 0. The summed E-state index contributed by atoms with van der Waals surface area (Å²) in [5, 5.41) is 0. The van der Waals surface area contributed by atoms with Crippen LogP contribution < -0.4 is 5.73 Å². The highest BCUT2D eigenvalue weighted by Gasteiger charge is 1.98. The summed E-state index contributed by atoms with van der Waals surface area (Å²) < 4.78 is 0. The van der Waals surface area contributed by atoms with Crippen molar-refractivity contribution in [1.29, 1.82) is 0 Å². The van der Waals surface area contributed by atoms with Crippen LogP contribution >= 0.6 is 0 Å². The van der Waals surface area contributed by atoms with Gasteiger partial charge in [-0.05, 0) is 25.7 Å². The molecule has 2 N–H and O–H groups in total. The lowest BCUT2D eigenvalue weighted by Crippen LogP contribution is -2.03. The topological polar surface area (TPSA) is 26.0 Å². The Morgan fingerprint density at radius 1 is 0.857 bits per heavy atom. The number of nitrogens with two attached hydrogens (primary N) is 1. The van der Waals surface area contributed by atoms with E-state index in [0.29, 0.717) is 0 Å². The van der Waals surface area contributed by atoms with E-state index < -0.39 is 0 Å². The second kappa shape index (κ2) is 8.05. The van der Waals surface area contributed by atoms with Crippen LogP contribution in [0.2, 0.25) is 0 Å². The van der Waals surface area contributed by atoms with Gasteiger partial charge in [-0.1, -0.05) is 50.2 Å². The van der Waals surface area contributed by atoms with E-state index in [1.807, 2.05) is 0 Å². The molecule has 0 bridgehead atoms. The first-order chi connectivity index (χ1) is 6.93. The van der Waals surface area contributed by atoms with Gasteiger partial charge in [-0.3, -0.25) is 0 Å². The third-order valence-corrected chi connectivity index (χ3v) is 3.15. The van der Waals surface area contributed by atoms with Gasteiger partial charge < -0.3 is 5.73 Å². The first-order valence-electron chi connectivity index (χ1n) is 6.31. The number of hydrogen-bond donors (Lipinski definition) is 1. The Kier molecular flexibility index (Phi) is 6.77. The van der Waals surface area contributed by atoms with Gasteiger partial charge in [0.25, 0.3) is 0 Å². The van der Waals surface area contributed by atoms with Crippen LogP contribution in [0.1, 0.15) is 64.2 Å². The first kappa shape index (κ1) is 11.8. The molecule has 0 aliphatic heterocycles. The summed E-state index contributed by atoms with van der Waals surface area (Å²) in [7, 11) is 0. The quantitative estimate of drug-likeness (QED) is 0.633. The first-order valence-corrected chi connectivity index (χ1v) is 6.31. The van der Waals surface area contributed by atoms with E-state index in [-0.39, 0.29) is 0 Å². The van der Waals surface area contributed by atoms with Crippen molar-refractivity contribution in [2.75, 3.05) is 6.54 Å². The van der Waals surface area contributed by atoms with Crippen LogP contribution in [0.3, 0.4) is 0 Å². The molecule has 0 radical (unpaired) electrons. The number of rotatable bonds is 1. The zero-order chi connectivity index (χ0) is 10.1. The van der Waals surface area contributed by atoms with Crippen LogP contribution in [-0.4, -0.2) is 6.54 Å². The van der Waals surface area contributed by atoms with Crippen LogP contribution in [-0.2, 0) is 0 Å². The average molecular weight is 195 g/mol. The monoisotopic (exact) mass is 195 g/mol. The molecule has 14 heavy (non-hydrogen) atoms. The highest BCUT2D eigenvalue weighted by molar-refractivity contribution is 5.03. The molecule has 0 amide bonds. The lowest BCUT2D eigenvalue weighted by Gasteiger charge is -2.07. The van der Waals surface area contributed by atoms with Crippen molar-refractivity contribution >= 4 is 0 Å².